The smallest absolute Gasteiger partial charge is 0.192 e. The fraction of sp³-hybridized carbons (Fsp3) is 0.0769. The van der Waals surface area contributed by atoms with Gasteiger partial charge in [-0.3, -0.25) is 0 Å². The molecule has 0 aliphatic carbocycles. The first-order valence-corrected chi connectivity index (χ1v) is 6.39. The highest BCUT2D eigenvalue weighted by molar-refractivity contribution is 9.10. The molecule has 0 atom stereocenters. The van der Waals surface area contributed by atoms with Gasteiger partial charge in [-0.2, -0.15) is 0 Å². The Morgan fingerprint density at radius 3 is 2.80 bits per heavy atom. The molecule has 0 saturated heterocycles. The summed E-state index contributed by atoms with van der Waals surface area (Å²) in [6, 6.07) is 8.65. The number of nitrogens with zero attached hydrogens (tertiary/aromatic N) is 2. The number of rotatable bonds is 4. The van der Waals surface area contributed by atoms with Crippen molar-refractivity contribution in [1.29, 1.82) is 0 Å². The van der Waals surface area contributed by atoms with Gasteiger partial charge in [-0.25, -0.2) is 4.98 Å². The third kappa shape index (κ3) is 3.00. The molecule has 0 saturated carbocycles. The second-order valence-electron chi connectivity index (χ2n) is 3.73. The minimum absolute atomic E-state index is 0.120. The molecule has 0 fully saturated rings. The number of hydrogen-bond acceptors (Lipinski definition) is 5. The van der Waals surface area contributed by atoms with Crippen LogP contribution < -0.4 is 15.2 Å². The Labute approximate surface area is 124 Å². The summed E-state index contributed by atoms with van der Waals surface area (Å²) in [4.78, 5) is 4.03. The van der Waals surface area contributed by atoms with Crippen LogP contribution in [0.15, 0.2) is 46.2 Å². The molecule has 104 valence electrons. The highest BCUT2D eigenvalue weighted by atomic mass is 79.9. The monoisotopic (exact) mass is 337 g/mol. The number of amidine groups is 1. The quantitative estimate of drug-likeness (QED) is 0.387. The van der Waals surface area contributed by atoms with Crippen molar-refractivity contribution in [3.05, 3.63) is 46.7 Å². The van der Waals surface area contributed by atoms with E-state index in [9.17, 15) is 0 Å². The van der Waals surface area contributed by atoms with Gasteiger partial charge >= 0.3 is 0 Å². The zero-order valence-corrected chi connectivity index (χ0v) is 12.2. The first kappa shape index (κ1) is 14.1. The predicted molar refractivity (Wildman–Crippen MR) is 77.5 cm³/mol. The second-order valence-corrected chi connectivity index (χ2v) is 4.59. The minimum atomic E-state index is -0.120. The maximum absolute atomic E-state index is 8.74. The van der Waals surface area contributed by atoms with Crippen molar-refractivity contribution in [2.75, 3.05) is 7.11 Å². The molecule has 20 heavy (non-hydrogen) atoms. The maximum atomic E-state index is 8.74. The molecule has 0 amide bonds. The van der Waals surface area contributed by atoms with Crippen LogP contribution in [0, 0.1) is 0 Å². The van der Waals surface area contributed by atoms with E-state index in [1.54, 1.807) is 37.4 Å². The SMILES string of the molecule is COc1ccc(Oc2cccnc2/C(N)=N/O)c(Br)c1. The molecule has 0 aliphatic rings. The van der Waals surface area contributed by atoms with E-state index in [2.05, 4.69) is 26.1 Å². The molecule has 1 aromatic heterocycles. The van der Waals surface area contributed by atoms with Crippen LogP contribution in [0.3, 0.4) is 0 Å². The van der Waals surface area contributed by atoms with Crippen LogP contribution in [0.2, 0.25) is 0 Å². The predicted octanol–water partition coefficient (Wildman–Crippen LogP) is 2.74. The summed E-state index contributed by atoms with van der Waals surface area (Å²) < 4.78 is 11.5. The van der Waals surface area contributed by atoms with Gasteiger partial charge in [-0.05, 0) is 46.3 Å². The number of aromatic nitrogens is 1. The van der Waals surface area contributed by atoms with E-state index in [1.165, 1.54) is 6.20 Å². The fourth-order valence-electron chi connectivity index (χ4n) is 1.52. The minimum Gasteiger partial charge on any atom is -0.497 e. The Morgan fingerprint density at radius 1 is 1.35 bits per heavy atom. The van der Waals surface area contributed by atoms with Crippen molar-refractivity contribution in [1.82, 2.24) is 4.98 Å². The van der Waals surface area contributed by atoms with Gasteiger partial charge in [0.05, 0.1) is 11.6 Å². The maximum Gasteiger partial charge on any atom is 0.192 e. The van der Waals surface area contributed by atoms with E-state index in [0.29, 0.717) is 21.7 Å². The van der Waals surface area contributed by atoms with E-state index in [1.807, 2.05) is 0 Å². The van der Waals surface area contributed by atoms with Crippen LogP contribution in [0.5, 0.6) is 17.2 Å². The topological polar surface area (TPSA) is 90.0 Å². The number of pyridine rings is 1. The van der Waals surface area contributed by atoms with Gasteiger partial charge < -0.3 is 20.4 Å². The van der Waals surface area contributed by atoms with E-state index in [4.69, 9.17) is 20.4 Å². The van der Waals surface area contributed by atoms with Gasteiger partial charge in [0.15, 0.2) is 17.3 Å². The van der Waals surface area contributed by atoms with Crippen molar-refractivity contribution in [3.8, 4) is 17.2 Å². The summed E-state index contributed by atoms with van der Waals surface area (Å²) in [5.74, 6) is 1.52. The van der Waals surface area contributed by atoms with Gasteiger partial charge in [-0.1, -0.05) is 5.16 Å². The first-order valence-electron chi connectivity index (χ1n) is 5.60. The number of ether oxygens (including phenoxy) is 2. The number of hydrogen-bond donors (Lipinski definition) is 2. The third-order valence-corrected chi connectivity index (χ3v) is 3.10. The number of nitrogens with two attached hydrogens (primary N) is 1. The van der Waals surface area contributed by atoms with Crippen molar-refractivity contribution >= 4 is 21.8 Å². The summed E-state index contributed by atoms with van der Waals surface area (Å²) in [6.07, 6.45) is 1.53. The van der Waals surface area contributed by atoms with Crippen molar-refractivity contribution in [2.45, 2.75) is 0 Å². The van der Waals surface area contributed by atoms with Crippen molar-refractivity contribution in [3.63, 3.8) is 0 Å². The second kappa shape index (κ2) is 6.25. The van der Waals surface area contributed by atoms with Gasteiger partial charge in [0.2, 0.25) is 0 Å². The van der Waals surface area contributed by atoms with Crippen LogP contribution in [0.25, 0.3) is 0 Å². The first-order chi connectivity index (χ1) is 9.65. The largest absolute Gasteiger partial charge is 0.497 e. The van der Waals surface area contributed by atoms with E-state index >= 15 is 0 Å². The molecule has 2 aromatic rings. The lowest BCUT2D eigenvalue weighted by Gasteiger charge is -2.11. The number of oxime groups is 1. The summed E-state index contributed by atoms with van der Waals surface area (Å²) in [7, 11) is 1.58. The molecule has 0 aliphatic heterocycles. The molecule has 7 heteroatoms. The Hall–Kier alpha value is -2.28. The van der Waals surface area contributed by atoms with Crippen LogP contribution in [0.4, 0.5) is 0 Å². The highest BCUT2D eigenvalue weighted by Crippen LogP contribution is 2.33. The molecule has 6 nitrogen and oxygen atoms in total. The van der Waals surface area contributed by atoms with Gasteiger partial charge in [0, 0.05) is 6.20 Å². The molecule has 0 bridgehead atoms. The van der Waals surface area contributed by atoms with Gasteiger partial charge in [0.25, 0.3) is 0 Å². The van der Waals surface area contributed by atoms with E-state index in [-0.39, 0.29) is 11.5 Å². The van der Waals surface area contributed by atoms with Crippen LogP contribution >= 0.6 is 15.9 Å². The normalized spacial score (nSPS) is 11.2. The summed E-state index contributed by atoms with van der Waals surface area (Å²) in [5.41, 5.74) is 5.82. The molecule has 0 spiro atoms. The lowest BCUT2D eigenvalue weighted by molar-refractivity contribution is 0.318. The zero-order valence-electron chi connectivity index (χ0n) is 10.6. The Bertz CT molecular complexity index is 647. The number of benzene rings is 1. The van der Waals surface area contributed by atoms with Crippen molar-refractivity contribution in [2.24, 2.45) is 10.9 Å². The van der Waals surface area contributed by atoms with E-state index < -0.39 is 0 Å². The highest BCUT2D eigenvalue weighted by Gasteiger charge is 2.12. The Kier molecular flexibility index (Phi) is 4.41. The standard InChI is InChI=1S/C13H12BrN3O3/c1-19-8-4-5-10(9(14)7-8)20-11-3-2-6-16-12(11)13(15)17-18/h2-7,18H,1H3,(H2,15,17). The van der Waals surface area contributed by atoms with Gasteiger partial charge in [-0.15, -0.1) is 0 Å². The molecule has 0 radical (unpaired) electrons. The van der Waals surface area contributed by atoms with Crippen LogP contribution in [0.1, 0.15) is 5.69 Å². The molecule has 1 heterocycles. The molecule has 1 aromatic carbocycles. The van der Waals surface area contributed by atoms with E-state index in [0.717, 1.165) is 0 Å². The Balaban J connectivity index is 2.35. The molecular formula is C13H12BrN3O3. The molecule has 0 unspecified atom stereocenters. The van der Waals surface area contributed by atoms with Gasteiger partial charge in [0.1, 0.15) is 11.5 Å². The Morgan fingerprint density at radius 2 is 2.15 bits per heavy atom. The fourth-order valence-corrected chi connectivity index (χ4v) is 1.96. The average Bonchev–Trinajstić information content (AvgIpc) is 2.49. The molecule has 2 rings (SSSR count). The number of methoxy groups -OCH3 is 1. The summed E-state index contributed by atoms with van der Waals surface area (Å²) in [6.45, 7) is 0. The lowest BCUT2D eigenvalue weighted by Crippen LogP contribution is -2.16. The van der Waals surface area contributed by atoms with Crippen LogP contribution in [-0.2, 0) is 0 Å². The average molecular weight is 338 g/mol. The van der Waals surface area contributed by atoms with Crippen LogP contribution in [-0.4, -0.2) is 23.1 Å². The zero-order chi connectivity index (χ0) is 14.5. The molecule has 3 N–H and O–H groups in total. The number of halogens is 1. The van der Waals surface area contributed by atoms with Crippen molar-refractivity contribution < 1.29 is 14.7 Å². The summed E-state index contributed by atoms with van der Waals surface area (Å²) in [5, 5.41) is 11.7. The third-order valence-electron chi connectivity index (χ3n) is 2.48. The molecular weight excluding hydrogens is 326 g/mol. The summed E-state index contributed by atoms with van der Waals surface area (Å²) >= 11 is 3.39. The lowest BCUT2D eigenvalue weighted by atomic mass is 10.3.